The van der Waals surface area contributed by atoms with Gasteiger partial charge in [0.25, 0.3) is 0 Å². The van der Waals surface area contributed by atoms with E-state index < -0.39 is 23.2 Å². The minimum atomic E-state index is -4.39. The molecular weight excluding hydrogens is 329 g/mol. The molecule has 0 radical (unpaired) electrons. The minimum Gasteiger partial charge on any atom is -0.349 e. The van der Waals surface area contributed by atoms with Gasteiger partial charge in [-0.05, 0) is 37.5 Å². The van der Waals surface area contributed by atoms with Crippen molar-refractivity contribution in [3.05, 3.63) is 35.4 Å². The summed E-state index contributed by atoms with van der Waals surface area (Å²) in [5, 5.41) is 2.82. The number of nitrogens with two attached hydrogens (primary N) is 1. The van der Waals surface area contributed by atoms with Gasteiger partial charge in [-0.2, -0.15) is 13.2 Å². The number of hydrogen-bond acceptors (Lipinski definition) is 2. The largest absolute Gasteiger partial charge is 0.416 e. The van der Waals surface area contributed by atoms with Crippen molar-refractivity contribution in [1.82, 2.24) is 5.32 Å². The molecule has 1 aromatic rings. The summed E-state index contributed by atoms with van der Waals surface area (Å²) >= 11 is 0. The molecule has 130 valence electrons. The summed E-state index contributed by atoms with van der Waals surface area (Å²) in [7, 11) is 0. The number of benzene rings is 1. The highest BCUT2D eigenvalue weighted by Gasteiger charge is 2.40. The van der Waals surface area contributed by atoms with Crippen LogP contribution in [0.1, 0.15) is 49.8 Å². The van der Waals surface area contributed by atoms with E-state index >= 15 is 0 Å². The Kier molecular flexibility index (Phi) is 6.48. The van der Waals surface area contributed by atoms with E-state index in [0.29, 0.717) is 5.56 Å². The predicted molar refractivity (Wildman–Crippen MR) is 85.2 cm³/mol. The molecule has 0 aromatic heterocycles. The average molecular weight is 351 g/mol. The zero-order valence-corrected chi connectivity index (χ0v) is 13.8. The summed E-state index contributed by atoms with van der Waals surface area (Å²) in [5.74, 6) is -0.155. The van der Waals surface area contributed by atoms with Gasteiger partial charge in [0, 0.05) is 6.54 Å². The lowest BCUT2D eigenvalue weighted by molar-refractivity contribution is -0.137. The van der Waals surface area contributed by atoms with Crippen molar-refractivity contribution in [3.8, 4) is 0 Å². The monoisotopic (exact) mass is 350 g/mol. The molecule has 1 aliphatic carbocycles. The molecule has 1 atom stereocenters. The third-order valence-electron chi connectivity index (χ3n) is 4.49. The number of alkyl halides is 3. The van der Waals surface area contributed by atoms with Crippen LogP contribution in [-0.2, 0) is 11.0 Å². The van der Waals surface area contributed by atoms with Gasteiger partial charge in [-0.15, -0.1) is 12.4 Å². The van der Waals surface area contributed by atoms with Crippen LogP contribution in [0.2, 0.25) is 0 Å². The number of nitrogens with one attached hydrogen (secondary N) is 1. The third-order valence-corrected chi connectivity index (χ3v) is 4.49. The first-order valence-electron chi connectivity index (χ1n) is 7.47. The Morgan fingerprint density at radius 1 is 1.35 bits per heavy atom. The van der Waals surface area contributed by atoms with Gasteiger partial charge in [-0.25, -0.2) is 0 Å². The number of carbonyl (C=O) groups is 1. The Bertz CT molecular complexity index is 542. The zero-order valence-electron chi connectivity index (χ0n) is 13.0. The molecule has 3 N–H and O–H groups in total. The lowest BCUT2D eigenvalue weighted by Gasteiger charge is -2.28. The van der Waals surface area contributed by atoms with Crippen molar-refractivity contribution in [2.24, 2.45) is 11.1 Å². The third kappa shape index (κ3) is 4.38. The normalized spacial score (nSPS) is 18.1. The highest BCUT2D eigenvalue weighted by Crippen LogP contribution is 2.38. The number of amides is 1. The molecule has 1 unspecified atom stereocenters. The predicted octanol–water partition coefficient (Wildman–Crippen LogP) is 3.82. The second-order valence-electron chi connectivity index (χ2n) is 6.01. The van der Waals surface area contributed by atoms with Gasteiger partial charge >= 0.3 is 6.18 Å². The first-order valence-corrected chi connectivity index (χ1v) is 7.47. The molecule has 2 rings (SSSR count). The molecular formula is C16H22ClF3N2O. The second kappa shape index (κ2) is 7.53. The fourth-order valence-electron chi connectivity index (χ4n) is 2.99. The number of hydrogen-bond donors (Lipinski definition) is 2. The van der Waals surface area contributed by atoms with Crippen molar-refractivity contribution in [2.45, 2.75) is 44.8 Å². The maximum atomic E-state index is 12.8. The molecule has 0 aliphatic heterocycles. The quantitative estimate of drug-likeness (QED) is 0.867. The van der Waals surface area contributed by atoms with Crippen LogP contribution in [0.4, 0.5) is 13.2 Å². The summed E-state index contributed by atoms with van der Waals surface area (Å²) < 4.78 is 38.3. The molecule has 1 aromatic carbocycles. The topological polar surface area (TPSA) is 55.1 Å². The van der Waals surface area contributed by atoms with Crippen molar-refractivity contribution in [2.75, 3.05) is 6.54 Å². The van der Waals surface area contributed by atoms with Crippen LogP contribution in [0.25, 0.3) is 0 Å². The van der Waals surface area contributed by atoms with Crippen molar-refractivity contribution < 1.29 is 18.0 Å². The lowest BCUT2D eigenvalue weighted by Crippen LogP contribution is -2.45. The molecule has 0 spiro atoms. The Balaban J connectivity index is 0.00000264. The number of carbonyl (C=O) groups excluding carboxylic acids is 1. The highest BCUT2D eigenvalue weighted by atomic mass is 35.5. The summed E-state index contributed by atoms with van der Waals surface area (Å²) in [4.78, 5) is 12.5. The highest BCUT2D eigenvalue weighted by molar-refractivity contribution is 5.85. The Morgan fingerprint density at radius 3 is 2.48 bits per heavy atom. The van der Waals surface area contributed by atoms with E-state index in [1.54, 1.807) is 13.0 Å². The Hall–Kier alpha value is -1.27. The molecule has 1 fully saturated rings. The van der Waals surface area contributed by atoms with Gasteiger partial charge in [0.2, 0.25) is 5.91 Å². The van der Waals surface area contributed by atoms with Crippen molar-refractivity contribution in [3.63, 3.8) is 0 Å². The minimum absolute atomic E-state index is 0. The summed E-state index contributed by atoms with van der Waals surface area (Å²) in [6.07, 6.45) is -0.982. The molecule has 0 heterocycles. The number of halogens is 4. The molecule has 1 saturated carbocycles. The van der Waals surface area contributed by atoms with Crippen molar-refractivity contribution >= 4 is 18.3 Å². The van der Waals surface area contributed by atoms with Crippen LogP contribution >= 0.6 is 12.4 Å². The molecule has 0 bridgehead atoms. The van der Waals surface area contributed by atoms with E-state index in [0.717, 1.165) is 37.8 Å². The molecule has 7 heteroatoms. The fraction of sp³-hybridized carbons (Fsp3) is 0.562. The SMILES string of the molecule is CC(NC(=O)C1(CN)CCCC1)c1cccc(C(F)(F)F)c1.Cl. The standard InChI is InChI=1S/C16H21F3N2O.ClH/c1-11(12-5-4-6-13(9-12)16(17,18)19)21-14(22)15(10-20)7-2-3-8-15;/h4-6,9,11H,2-3,7-8,10,20H2,1H3,(H,21,22);1H. The van der Waals surface area contributed by atoms with Gasteiger partial charge < -0.3 is 11.1 Å². The second-order valence-corrected chi connectivity index (χ2v) is 6.01. The Labute approximate surface area is 140 Å². The maximum absolute atomic E-state index is 12.8. The van der Waals surface area contributed by atoms with E-state index in [4.69, 9.17) is 5.73 Å². The molecule has 0 saturated heterocycles. The summed E-state index contributed by atoms with van der Waals surface area (Å²) in [6.45, 7) is 1.96. The smallest absolute Gasteiger partial charge is 0.349 e. The summed E-state index contributed by atoms with van der Waals surface area (Å²) in [5.41, 5.74) is 4.93. The van der Waals surface area contributed by atoms with Crippen molar-refractivity contribution in [1.29, 1.82) is 0 Å². The van der Waals surface area contributed by atoms with Gasteiger partial charge in [0.15, 0.2) is 0 Å². The van der Waals surface area contributed by atoms with Gasteiger partial charge in [0.05, 0.1) is 17.0 Å². The molecule has 23 heavy (non-hydrogen) atoms. The van der Waals surface area contributed by atoms with Crippen LogP contribution in [0.3, 0.4) is 0 Å². The summed E-state index contributed by atoms with van der Waals surface area (Å²) in [6, 6.07) is 4.56. The van der Waals surface area contributed by atoms with E-state index in [1.165, 1.54) is 6.07 Å². The van der Waals surface area contributed by atoms with Crippen LogP contribution < -0.4 is 11.1 Å². The van der Waals surface area contributed by atoms with Crippen LogP contribution in [0.15, 0.2) is 24.3 Å². The van der Waals surface area contributed by atoms with Gasteiger partial charge in [-0.3, -0.25) is 4.79 Å². The number of rotatable bonds is 4. The van der Waals surface area contributed by atoms with Gasteiger partial charge in [0.1, 0.15) is 0 Å². The molecule has 3 nitrogen and oxygen atoms in total. The zero-order chi connectivity index (χ0) is 16.4. The fourth-order valence-corrected chi connectivity index (χ4v) is 2.99. The lowest BCUT2D eigenvalue weighted by atomic mass is 9.85. The van der Waals surface area contributed by atoms with Gasteiger partial charge in [-0.1, -0.05) is 25.0 Å². The van der Waals surface area contributed by atoms with E-state index in [-0.39, 0.29) is 24.9 Å². The van der Waals surface area contributed by atoms with Crippen LogP contribution in [0.5, 0.6) is 0 Å². The van der Waals surface area contributed by atoms with E-state index in [2.05, 4.69) is 5.32 Å². The average Bonchev–Trinajstić information content (AvgIpc) is 2.96. The molecule has 1 aliphatic rings. The van der Waals surface area contributed by atoms with E-state index in [9.17, 15) is 18.0 Å². The first-order chi connectivity index (χ1) is 10.3. The van der Waals surface area contributed by atoms with E-state index in [1.807, 2.05) is 0 Å². The van der Waals surface area contributed by atoms with Crippen LogP contribution in [0, 0.1) is 5.41 Å². The molecule has 1 amide bonds. The Morgan fingerprint density at radius 2 is 1.96 bits per heavy atom. The first kappa shape index (κ1) is 19.8. The van der Waals surface area contributed by atoms with Crippen LogP contribution in [-0.4, -0.2) is 12.5 Å². The maximum Gasteiger partial charge on any atom is 0.416 e.